The fraction of sp³-hybridized carbons (Fsp3) is 1.00. The zero-order chi connectivity index (χ0) is 15.7. The van der Waals surface area contributed by atoms with Gasteiger partial charge in [0.2, 0.25) is 0 Å². The Hall–Kier alpha value is -0.280. The molecule has 2 spiro atoms. The van der Waals surface area contributed by atoms with Crippen molar-refractivity contribution in [1.29, 1.82) is 0 Å². The summed E-state index contributed by atoms with van der Waals surface area (Å²) in [7, 11) is 0. The van der Waals surface area contributed by atoms with E-state index in [0.29, 0.717) is 13.0 Å². The number of ether oxygens (including phenoxy) is 3. The first kappa shape index (κ1) is 14.1. The summed E-state index contributed by atoms with van der Waals surface area (Å²) in [4.78, 5) is 0. The molecule has 7 nitrogen and oxygen atoms in total. The standard InChI is InChI=1S/C15H22O7/c1-12-6(16)3-14(4-20-12)11(9(12)19)22-10-7(17)8(18)13(14,2)15(10)5-21-15/h6-11,16-19H,3-5H2,1-2H3/t6-,7+,8+,9-,10+,11+,12-,13+,14?,15+/m0/s1. The second-order valence-electron chi connectivity index (χ2n) is 8.09. The van der Waals surface area contributed by atoms with E-state index >= 15 is 0 Å². The molecular formula is C15H22O7. The molecule has 6 fully saturated rings. The molecule has 0 aromatic carbocycles. The molecule has 4 saturated heterocycles. The summed E-state index contributed by atoms with van der Waals surface area (Å²) in [5.74, 6) is 0. The summed E-state index contributed by atoms with van der Waals surface area (Å²) in [6, 6.07) is 0. The van der Waals surface area contributed by atoms with Crippen LogP contribution in [0, 0.1) is 10.8 Å². The molecule has 1 unspecified atom stereocenters. The molecule has 0 aromatic rings. The smallest absolute Gasteiger partial charge is 0.129 e. The van der Waals surface area contributed by atoms with Gasteiger partial charge in [0.25, 0.3) is 0 Å². The molecule has 0 aromatic heterocycles. The molecule has 6 rings (SSSR count). The van der Waals surface area contributed by atoms with Crippen molar-refractivity contribution in [2.24, 2.45) is 10.8 Å². The molecule has 4 N–H and O–H groups in total. The van der Waals surface area contributed by atoms with Gasteiger partial charge in [0.1, 0.15) is 29.5 Å². The van der Waals surface area contributed by atoms with E-state index in [-0.39, 0.29) is 6.61 Å². The van der Waals surface area contributed by atoms with Crippen LogP contribution in [0.15, 0.2) is 0 Å². The average molecular weight is 314 g/mol. The molecule has 0 radical (unpaired) electrons. The van der Waals surface area contributed by atoms with Crippen molar-refractivity contribution in [2.75, 3.05) is 13.2 Å². The highest BCUT2D eigenvalue weighted by Crippen LogP contribution is 2.73. The van der Waals surface area contributed by atoms with Crippen LogP contribution in [-0.2, 0) is 14.2 Å². The molecule has 4 aliphatic heterocycles. The third-order valence-corrected chi connectivity index (χ3v) is 7.63. The van der Waals surface area contributed by atoms with Crippen molar-refractivity contribution < 1.29 is 34.6 Å². The number of aliphatic hydroxyl groups excluding tert-OH is 4. The first-order chi connectivity index (χ1) is 10.2. The summed E-state index contributed by atoms with van der Waals surface area (Å²) < 4.78 is 17.6. The summed E-state index contributed by atoms with van der Waals surface area (Å²) in [5.41, 5.74) is -3.45. The van der Waals surface area contributed by atoms with Crippen molar-refractivity contribution in [3.63, 3.8) is 0 Å². The summed E-state index contributed by atoms with van der Waals surface area (Å²) >= 11 is 0. The Labute approximate surface area is 127 Å². The summed E-state index contributed by atoms with van der Waals surface area (Å²) in [5, 5.41) is 42.5. The minimum Gasteiger partial charge on any atom is -0.390 e. The first-order valence-electron chi connectivity index (χ1n) is 7.90. The maximum Gasteiger partial charge on any atom is 0.129 e. The molecular weight excluding hydrogens is 292 g/mol. The molecule has 10 atom stereocenters. The van der Waals surface area contributed by atoms with Gasteiger partial charge in [0, 0.05) is 10.8 Å². The third-order valence-electron chi connectivity index (χ3n) is 7.63. The van der Waals surface area contributed by atoms with Gasteiger partial charge in [0.05, 0.1) is 31.5 Å². The number of epoxide rings is 1. The molecule has 6 aliphatic rings. The van der Waals surface area contributed by atoms with Crippen LogP contribution < -0.4 is 0 Å². The number of hydrogen-bond donors (Lipinski definition) is 4. The van der Waals surface area contributed by atoms with E-state index in [1.165, 1.54) is 0 Å². The molecule has 7 heteroatoms. The molecule has 22 heavy (non-hydrogen) atoms. The van der Waals surface area contributed by atoms with Gasteiger partial charge < -0.3 is 34.6 Å². The fourth-order valence-electron chi connectivity index (χ4n) is 5.87. The van der Waals surface area contributed by atoms with E-state index in [0.717, 1.165) is 0 Å². The lowest BCUT2D eigenvalue weighted by Crippen LogP contribution is -2.80. The lowest BCUT2D eigenvalue weighted by molar-refractivity contribution is -0.380. The number of aliphatic hydroxyl groups is 4. The predicted molar refractivity (Wildman–Crippen MR) is 70.9 cm³/mol. The molecule has 2 aliphatic carbocycles. The van der Waals surface area contributed by atoms with Crippen LogP contribution in [-0.4, -0.2) is 81.5 Å². The van der Waals surface area contributed by atoms with Crippen molar-refractivity contribution in [2.45, 2.75) is 68.1 Å². The van der Waals surface area contributed by atoms with Crippen LogP contribution in [0.5, 0.6) is 0 Å². The summed E-state index contributed by atoms with van der Waals surface area (Å²) in [6.45, 7) is 4.23. The quantitative estimate of drug-likeness (QED) is 0.389. The second kappa shape index (κ2) is 3.54. The normalized spacial score (nSPS) is 71.7. The van der Waals surface area contributed by atoms with Crippen LogP contribution >= 0.6 is 0 Å². The van der Waals surface area contributed by atoms with E-state index in [2.05, 4.69) is 0 Å². The molecule has 4 bridgehead atoms. The van der Waals surface area contributed by atoms with Crippen LogP contribution in [0.1, 0.15) is 20.3 Å². The van der Waals surface area contributed by atoms with E-state index < -0.39 is 58.7 Å². The monoisotopic (exact) mass is 314 g/mol. The van der Waals surface area contributed by atoms with Gasteiger partial charge in [-0.3, -0.25) is 0 Å². The van der Waals surface area contributed by atoms with E-state index in [1.54, 1.807) is 6.92 Å². The van der Waals surface area contributed by atoms with Gasteiger partial charge in [-0.25, -0.2) is 0 Å². The van der Waals surface area contributed by atoms with E-state index in [1.807, 2.05) is 6.92 Å². The highest BCUT2D eigenvalue weighted by molar-refractivity contribution is 5.34. The lowest BCUT2D eigenvalue weighted by atomic mass is 9.46. The van der Waals surface area contributed by atoms with Crippen molar-refractivity contribution >= 4 is 0 Å². The molecule has 4 heterocycles. The molecule has 0 amide bonds. The van der Waals surface area contributed by atoms with Crippen LogP contribution in [0.3, 0.4) is 0 Å². The first-order valence-corrected chi connectivity index (χ1v) is 7.90. The number of hydrogen-bond acceptors (Lipinski definition) is 7. The Kier molecular flexibility index (Phi) is 2.27. The Bertz CT molecular complexity index is 550. The summed E-state index contributed by atoms with van der Waals surface area (Å²) in [6.07, 6.45) is -4.88. The van der Waals surface area contributed by atoms with Gasteiger partial charge in [-0.1, -0.05) is 6.92 Å². The minimum absolute atomic E-state index is 0.264. The van der Waals surface area contributed by atoms with Crippen LogP contribution in [0.25, 0.3) is 0 Å². The SMILES string of the molecule is C[C@]12OCC3(C[C@@H]1O)[C@H](O[C@@H]1[C@H](O)[C@@H](O)[C@@]3(C)[C@@]13CO3)[C@@H]2O. The third kappa shape index (κ3) is 1.06. The van der Waals surface area contributed by atoms with Gasteiger partial charge in [-0.15, -0.1) is 0 Å². The minimum atomic E-state index is -1.08. The van der Waals surface area contributed by atoms with Gasteiger partial charge in [0.15, 0.2) is 0 Å². The highest BCUT2D eigenvalue weighted by atomic mass is 16.7. The Balaban J connectivity index is 1.73. The van der Waals surface area contributed by atoms with Crippen LogP contribution in [0.4, 0.5) is 0 Å². The Morgan fingerprint density at radius 3 is 2.18 bits per heavy atom. The second-order valence-corrected chi connectivity index (χ2v) is 8.09. The zero-order valence-corrected chi connectivity index (χ0v) is 12.6. The van der Waals surface area contributed by atoms with Crippen molar-refractivity contribution in [1.82, 2.24) is 0 Å². The number of rotatable bonds is 0. The zero-order valence-electron chi connectivity index (χ0n) is 12.6. The van der Waals surface area contributed by atoms with Gasteiger partial charge in [-0.2, -0.15) is 0 Å². The molecule has 124 valence electrons. The number of fused-ring (bicyclic) bond motifs is 2. The van der Waals surface area contributed by atoms with Crippen LogP contribution in [0.2, 0.25) is 0 Å². The van der Waals surface area contributed by atoms with Gasteiger partial charge in [-0.05, 0) is 13.3 Å². The topological polar surface area (TPSA) is 112 Å². The van der Waals surface area contributed by atoms with Crippen molar-refractivity contribution in [3.8, 4) is 0 Å². The Morgan fingerprint density at radius 1 is 0.909 bits per heavy atom. The van der Waals surface area contributed by atoms with E-state index in [4.69, 9.17) is 14.2 Å². The van der Waals surface area contributed by atoms with Gasteiger partial charge >= 0.3 is 0 Å². The van der Waals surface area contributed by atoms with E-state index in [9.17, 15) is 20.4 Å². The maximum atomic E-state index is 10.8. The lowest BCUT2D eigenvalue weighted by Gasteiger charge is -2.68. The van der Waals surface area contributed by atoms with Crippen molar-refractivity contribution in [3.05, 3.63) is 0 Å². The fourth-order valence-corrected chi connectivity index (χ4v) is 5.87. The Morgan fingerprint density at radius 2 is 1.59 bits per heavy atom. The largest absolute Gasteiger partial charge is 0.390 e. The highest BCUT2D eigenvalue weighted by Gasteiger charge is 2.87. The average Bonchev–Trinajstić information content (AvgIpc) is 3.26. The maximum absolute atomic E-state index is 10.8. The predicted octanol–water partition coefficient (Wildman–Crippen LogP) is -1.83. The molecule has 2 saturated carbocycles.